The summed E-state index contributed by atoms with van der Waals surface area (Å²) >= 11 is 0. The van der Waals surface area contributed by atoms with Gasteiger partial charge in [0.05, 0.1) is 12.6 Å². The minimum atomic E-state index is -0.110. The van der Waals surface area contributed by atoms with Crippen LogP contribution in [0.2, 0.25) is 0 Å². The van der Waals surface area contributed by atoms with Crippen molar-refractivity contribution < 1.29 is 9.53 Å². The number of likely N-dealkylation sites (N-methyl/N-ethyl adjacent to an activating group) is 1. The molecular weight excluding hydrogens is 232 g/mol. The Kier molecular flexibility index (Phi) is 4.09. The van der Waals surface area contributed by atoms with E-state index in [1.54, 1.807) is 24.1 Å². The molecule has 6 heteroatoms. The van der Waals surface area contributed by atoms with Gasteiger partial charge in [-0.3, -0.25) is 4.79 Å². The van der Waals surface area contributed by atoms with Gasteiger partial charge in [-0.05, 0) is 25.5 Å². The number of anilines is 1. The molecule has 1 aliphatic rings. The summed E-state index contributed by atoms with van der Waals surface area (Å²) in [5, 5.41) is 10.9. The van der Waals surface area contributed by atoms with E-state index in [4.69, 9.17) is 4.74 Å². The number of nitrogens with zero attached hydrogens (tertiary/aromatic N) is 3. The van der Waals surface area contributed by atoms with E-state index in [1.165, 1.54) is 0 Å². The lowest BCUT2D eigenvalue weighted by molar-refractivity contribution is 0.0704. The molecule has 1 saturated heterocycles. The highest BCUT2D eigenvalue weighted by atomic mass is 16.5. The summed E-state index contributed by atoms with van der Waals surface area (Å²) in [7, 11) is 1.78. The van der Waals surface area contributed by atoms with Crippen molar-refractivity contribution in [1.29, 1.82) is 0 Å². The van der Waals surface area contributed by atoms with Crippen molar-refractivity contribution in [1.82, 2.24) is 15.1 Å². The van der Waals surface area contributed by atoms with Crippen LogP contribution in [0.5, 0.6) is 0 Å². The molecule has 6 nitrogen and oxygen atoms in total. The third-order valence-corrected chi connectivity index (χ3v) is 3.02. The largest absolute Gasteiger partial charge is 0.379 e. The first-order chi connectivity index (χ1) is 8.72. The number of carbonyl (C=O) groups is 1. The van der Waals surface area contributed by atoms with Crippen molar-refractivity contribution in [3.63, 3.8) is 0 Å². The number of amides is 1. The van der Waals surface area contributed by atoms with Gasteiger partial charge in [-0.15, -0.1) is 10.2 Å². The fraction of sp³-hybridized carbons (Fsp3) is 0.583. The van der Waals surface area contributed by atoms with Gasteiger partial charge in [0.15, 0.2) is 5.69 Å². The van der Waals surface area contributed by atoms with Crippen molar-refractivity contribution in [3.05, 3.63) is 17.8 Å². The fourth-order valence-corrected chi connectivity index (χ4v) is 1.90. The van der Waals surface area contributed by atoms with Crippen LogP contribution in [0.25, 0.3) is 0 Å². The molecule has 0 aromatic carbocycles. The second kappa shape index (κ2) is 5.77. The van der Waals surface area contributed by atoms with E-state index in [2.05, 4.69) is 15.5 Å². The van der Waals surface area contributed by atoms with Gasteiger partial charge in [0.1, 0.15) is 5.82 Å². The highest BCUT2D eigenvalue weighted by molar-refractivity contribution is 5.92. The van der Waals surface area contributed by atoms with Gasteiger partial charge >= 0.3 is 0 Å². The molecule has 0 radical (unpaired) electrons. The highest BCUT2D eigenvalue weighted by Crippen LogP contribution is 2.13. The Bertz CT molecular complexity index is 401. The predicted molar refractivity (Wildman–Crippen MR) is 67.5 cm³/mol. The van der Waals surface area contributed by atoms with Gasteiger partial charge in [0, 0.05) is 20.2 Å². The number of hydrogen-bond donors (Lipinski definition) is 1. The smallest absolute Gasteiger partial charge is 0.274 e. The molecule has 1 aromatic rings. The Morgan fingerprint density at radius 2 is 2.39 bits per heavy atom. The molecule has 0 saturated carbocycles. The Labute approximate surface area is 106 Å². The van der Waals surface area contributed by atoms with Crippen molar-refractivity contribution in [2.24, 2.45) is 0 Å². The zero-order valence-electron chi connectivity index (χ0n) is 10.7. The minimum absolute atomic E-state index is 0.110. The van der Waals surface area contributed by atoms with E-state index in [0.29, 0.717) is 24.7 Å². The summed E-state index contributed by atoms with van der Waals surface area (Å²) < 4.78 is 5.28. The number of ether oxygens (including phenoxy) is 1. The normalized spacial score (nSPS) is 18.7. The predicted octanol–water partition coefficient (Wildman–Crippen LogP) is 0.769. The second-order valence-electron chi connectivity index (χ2n) is 4.27. The van der Waals surface area contributed by atoms with E-state index < -0.39 is 0 Å². The molecule has 0 bridgehead atoms. The van der Waals surface area contributed by atoms with Gasteiger partial charge in [-0.2, -0.15) is 0 Å². The van der Waals surface area contributed by atoms with Crippen LogP contribution in [0.4, 0.5) is 5.82 Å². The number of carbonyl (C=O) groups excluding carboxylic acids is 1. The number of nitrogens with one attached hydrogen (secondary N) is 1. The maximum Gasteiger partial charge on any atom is 0.274 e. The lowest BCUT2D eigenvalue weighted by Crippen LogP contribution is -2.37. The molecule has 0 spiro atoms. The summed E-state index contributed by atoms with van der Waals surface area (Å²) in [4.78, 5) is 13.8. The molecule has 1 amide bonds. The molecule has 0 aliphatic carbocycles. The second-order valence-corrected chi connectivity index (χ2v) is 4.27. The van der Waals surface area contributed by atoms with Gasteiger partial charge < -0.3 is 15.0 Å². The molecule has 98 valence electrons. The van der Waals surface area contributed by atoms with Crippen LogP contribution in [0.1, 0.15) is 23.8 Å². The zero-order chi connectivity index (χ0) is 13.0. The van der Waals surface area contributed by atoms with Gasteiger partial charge in [0.2, 0.25) is 0 Å². The van der Waals surface area contributed by atoms with Crippen molar-refractivity contribution in [2.75, 3.05) is 32.1 Å². The highest BCUT2D eigenvalue weighted by Gasteiger charge is 2.25. The quantitative estimate of drug-likeness (QED) is 0.855. The SMILES string of the molecule is CCNc1ccc(C(=O)N(C)C2CCOC2)nn1. The fourth-order valence-electron chi connectivity index (χ4n) is 1.90. The summed E-state index contributed by atoms with van der Waals surface area (Å²) in [5.74, 6) is 0.571. The Morgan fingerprint density at radius 3 is 2.94 bits per heavy atom. The summed E-state index contributed by atoms with van der Waals surface area (Å²) in [6.45, 7) is 4.08. The van der Waals surface area contributed by atoms with Crippen LogP contribution >= 0.6 is 0 Å². The standard InChI is InChI=1S/C12H18N4O2/c1-3-13-11-5-4-10(14-15-11)12(17)16(2)9-6-7-18-8-9/h4-5,9H,3,6-8H2,1-2H3,(H,13,15). The average Bonchev–Trinajstić information content (AvgIpc) is 2.92. The van der Waals surface area contributed by atoms with Gasteiger partial charge in [0.25, 0.3) is 5.91 Å². The number of hydrogen-bond acceptors (Lipinski definition) is 5. The first kappa shape index (κ1) is 12.8. The maximum absolute atomic E-state index is 12.1. The topological polar surface area (TPSA) is 67.4 Å². The van der Waals surface area contributed by atoms with Crippen LogP contribution in [-0.4, -0.2) is 53.9 Å². The molecule has 1 fully saturated rings. The van der Waals surface area contributed by atoms with Crippen molar-refractivity contribution in [3.8, 4) is 0 Å². The molecule has 1 atom stereocenters. The van der Waals surface area contributed by atoms with Gasteiger partial charge in [-0.25, -0.2) is 0 Å². The lowest BCUT2D eigenvalue weighted by Gasteiger charge is -2.22. The summed E-state index contributed by atoms with van der Waals surface area (Å²) in [6.07, 6.45) is 0.880. The number of aromatic nitrogens is 2. The zero-order valence-corrected chi connectivity index (χ0v) is 10.7. The van der Waals surface area contributed by atoms with E-state index in [1.807, 2.05) is 6.92 Å². The third kappa shape index (κ3) is 2.76. The molecule has 2 rings (SSSR count). The van der Waals surface area contributed by atoms with Crippen LogP contribution in [0, 0.1) is 0 Å². The monoisotopic (exact) mass is 250 g/mol. The Balaban J connectivity index is 2.03. The van der Waals surface area contributed by atoms with Crippen LogP contribution in [0.3, 0.4) is 0 Å². The molecule has 1 unspecified atom stereocenters. The summed E-state index contributed by atoms with van der Waals surface area (Å²) in [5.41, 5.74) is 0.367. The summed E-state index contributed by atoms with van der Waals surface area (Å²) in [6, 6.07) is 3.61. The van der Waals surface area contributed by atoms with E-state index in [-0.39, 0.29) is 11.9 Å². The molecular formula is C12H18N4O2. The van der Waals surface area contributed by atoms with Crippen LogP contribution in [-0.2, 0) is 4.74 Å². The van der Waals surface area contributed by atoms with E-state index in [9.17, 15) is 4.79 Å². The third-order valence-electron chi connectivity index (χ3n) is 3.02. The van der Waals surface area contributed by atoms with Gasteiger partial charge in [-0.1, -0.05) is 0 Å². The van der Waals surface area contributed by atoms with Crippen molar-refractivity contribution in [2.45, 2.75) is 19.4 Å². The average molecular weight is 250 g/mol. The molecule has 18 heavy (non-hydrogen) atoms. The number of rotatable bonds is 4. The minimum Gasteiger partial charge on any atom is -0.379 e. The molecule has 1 N–H and O–H groups in total. The van der Waals surface area contributed by atoms with Crippen LogP contribution in [0.15, 0.2) is 12.1 Å². The molecule has 1 aliphatic heterocycles. The van der Waals surface area contributed by atoms with Crippen molar-refractivity contribution >= 4 is 11.7 Å². The van der Waals surface area contributed by atoms with E-state index >= 15 is 0 Å². The molecule has 2 heterocycles. The Hall–Kier alpha value is -1.69. The maximum atomic E-state index is 12.1. The van der Waals surface area contributed by atoms with Crippen LogP contribution < -0.4 is 5.32 Å². The molecule has 1 aromatic heterocycles. The first-order valence-electron chi connectivity index (χ1n) is 6.15. The Morgan fingerprint density at radius 1 is 1.56 bits per heavy atom. The first-order valence-corrected chi connectivity index (χ1v) is 6.15. The van der Waals surface area contributed by atoms with E-state index in [0.717, 1.165) is 13.0 Å². The lowest BCUT2D eigenvalue weighted by atomic mass is 10.2.